The average molecular weight is 373 g/mol. The Morgan fingerprint density at radius 3 is 2.32 bits per heavy atom. The number of nitrogens with two attached hydrogens (primary N) is 1. The van der Waals surface area contributed by atoms with Gasteiger partial charge in [0.15, 0.2) is 0 Å². The molecule has 1 amide bonds. The third-order valence-electron chi connectivity index (χ3n) is 4.58. The number of carbonyl (C=O) groups is 1. The second kappa shape index (κ2) is 10.4. The molecular weight excluding hydrogens is 344 g/mol. The summed E-state index contributed by atoms with van der Waals surface area (Å²) in [4.78, 5) is 12.3. The first kappa shape index (κ1) is 21.4. The lowest BCUT2D eigenvalue weighted by Gasteiger charge is -2.25. The molecule has 0 radical (unpaired) electrons. The highest BCUT2D eigenvalue weighted by Crippen LogP contribution is 2.34. The van der Waals surface area contributed by atoms with E-state index in [4.69, 9.17) is 19.9 Å². The quantitative estimate of drug-likeness (QED) is 0.767. The van der Waals surface area contributed by atoms with E-state index in [1.54, 1.807) is 21.3 Å². The molecular formula is C18H29ClN2O4. The first-order chi connectivity index (χ1) is 11.6. The third-order valence-corrected chi connectivity index (χ3v) is 4.58. The molecule has 1 aliphatic rings. The van der Waals surface area contributed by atoms with E-state index in [-0.39, 0.29) is 30.3 Å². The van der Waals surface area contributed by atoms with E-state index in [2.05, 4.69) is 5.32 Å². The highest BCUT2D eigenvalue weighted by Gasteiger charge is 2.25. The average Bonchev–Trinajstić information content (AvgIpc) is 2.61. The molecule has 1 aliphatic carbocycles. The molecule has 3 N–H and O–H groups in total. The van der Waals surface area contributed by atoms with Crippen LogP contribution in [0.1, 0.15) is 31.2 Å². The smallest absolute Gasteiger partial charge is 0.223 e. The first-order valence-electron chi connectivity index (χ1n) is 8.41. The zero-order valence-electron chi connectivity index (χ0n) is 15.2. The molecule has 1 aromatic rings. The van der Waals surface area contributed by atoms with Crippen LogP contribution in [0.15, 0.2) is 12.1 Å². The van der Waals surface area contributed by atoms with Crippen molar-refractivity contribution < 1.29 is 19.0 Å². The normalized spacial score (nSPS) is 19.5. The lowest BCUT2D eigenvalue weighted by Crippen LogP contribution is -2.38. The van der Waals surface area contributed by atoms with Crippen LogP contribution in [0, 0.1) is 5.92 Å². The summed E-state index contributed by atoms with van der Waals surface area (Å²) in [5.74, 6) is 2.19. The molecule has 2 atom stereocenters. The Balaban J connectivity index is 0.00000312. The minimum absolute atomic E-state index is 0. The van der Waals surface area contributed by atoms with E-state index in [9.17, 15) is 4.79 Å². The van der Waals surface area contributed by atoms with Gasteiger partial charge in [-0.15, -0.1) is 12.4 Å². The van der Waals surface area contributed by atoms with Gasteiger partial charge in [-0.25, -0.2) is 0 Å². The zero-order valence-corrected chi connectivity index (χ0v) is 16.0. The van der Waals surface area contributed by atoms with Gasteiger partial charge in [-0.05, 0) is 25.7 Å². The van der Waals surface area contributed by atoms with Crippen LogP contribution in [-0.4, -0.2) is 39.8 Å². The highest BCUT2D eigenvalue weighted by molar-refractivity contribution is 5.85. The first-order valence-corrected chi connectivity index (χ1v) is 8.41. The molecule has 0 aromatic heterocycles. The molecule has 6 nitrogen and oxygen atoms in total. The monoisotopic (exact) mass is 372 g/mol. The third kappa shape index (κ3) is 5.68. The molecule has 2 rings (SSSR count). The lowest BCUT2D eigenvalue weighted by molar-refractivity contribution is -0.126. The Labute approximate surface area is 155 Å². The molecule has 1 aromatic carbocycles. The Morgan fingerprint density at radius 2 is 1.80 bits per heavy atom. The fourth-order valence-electron chi connectivity index (χ4n) is 3.24. The fourth-order valence-corrected chi connectivity index (χ4v) is 3.24. The van der Waals surface area contributed by atoms with Gasteiger partial charge in [-0.2, -0.15) is 0 Å². The molecule has 0 saturated heterocycles. The number of amides is 1. The summed E-state index contributed by atoms with van der Waals surface area (Å²) in [5.41, 5.74) is 6.88. The molecule has 25 heavy (non-hydrogen) atoms. The van der Waals surface area contributed by atoms with Gasteiger partial charge in [0, 0.05) is 36.2 Å². The topological polar surface area (TPSA) is 82.8 Å². The van der Waals surface area contributed by atoms with Crippen molar-refractivity contribution in [2.45, 2.75) is 38.1 Å². The summed E-state index contributed by atoms with van der Waals surface area (Å²) in [6.07, 6.45) is 4.37. The number of rotatable bonds is 7. The second-order valence-corrected chi connectivity index (χ2v) is 6.18. The maximum atomic E-state index is 12.3. The van der Waals surface area contributed by atoms with Crippen molar-refractivity contribution in [2.75, 3.05) is 27.9 Å². The van der Waals surface area contributed by atoms with E-state index < -0.39 is 0 Å². The van der Waals surface area contributed by atoms with Crippen molar-refractivity contribution in [3.05, 3.63) is 17.7 Å². The molecule has 1 fully saturated rings. The summed E-state index contributed by atoms with van der Waals surface area (Å²) in [6.45, 7) is 0.531. The van der Waals surface area contributed by atoms with E-state index in [0.29, 0.717) is 30.2 Å². The number of benzene rings is 1. The van der Waals surface area contributed by atoms with E-state index in [1.165, 1.54) is 0 Å². The zero-order chi connectivity index (χ0) is 17.5. The van der Waals surface area contributed by atoms with Crippen LogP contribution in [0.2, 0.25) is 0 Å². The van der Waals surface area contributed by atoms with E-state index >= 15 is 0 Å². The van der Waals surface area contributed by atoms with Gasteiger partial charge in [-0.3, -0.25) is 4.79 Å². The number of hydrogen-bond donors (Lipinski definition) is 2. The molecule has 7 heteroatoms. The van der Waals surface area contributed by atoms with Crippen LogP contribution in [0.5, 0.6) is 17.2 Å². The number of nitrogens with one attached hydrogen (secondary N) is 1. The fraction of sp³-hybridized carbons (Fsp3) is 0.611. The van der Waals surface area contributed by atoms with Gasteiger partial charge in [-0.1, -0.05) is 6.42 Å². The van der Waals surface area contributed by atoms with E-state index in [1.807, 2.05) is 12.1 Å². The summed E-state index contributed by atoms with van der Waals surface area (Å²) in [7, 11) is 4.82. The van der Waals surface area contributed by atoms with Crippen LogP contribution >= 0.6 is 12.4 Å². The molecule has 0 heterocycles. The van der Waals surface area contributed by atoms with Crippen molar-refractivity contribution in [1.82, 2.24) is 5.32 Å². The number of methoxy groups -OCH3 is 3. The molecule has 1 saturated carbocycles. The van der Waals surface area contributed by atoms with Gasteiger partial charge in [0.25, 0.3) is 0 Å². The Kier molecular flexibility index (Phi) is 8.86. The summed E-state index contributed by atoms with van der Waals surface area (Å²) >= 11 is 0. The maximum Gasteiger partial charge on any atom is 0.223 e. The SMILES string of the molecule is COc1cc(OC)c(CCNC(=O)C2CCCC(N)C2)c(OC)c1.Cl. The van der Waals surface area contributed by atoms with Crippen molar-refractivity contribution in [3.8, 4) is 17.2 Å². The number of ether oxygens (including phenoxy) is 3. The standard InChI is InChI=1S/C18H28N2O4.ClH/c1-22-14-10-16(23-2)15(17(11-14)24-3)7-8-20-18(21)12-5-4-6-13(19)9-12;/h10-13H,4-9,19H2,1-3H3,(H,20,21);1H. The van der Waals surface area contributed by atoms with Crippen LogP contribution in [-0.2, 0) is 11.2 Å². The minimum atomic E-state index is 0. The predicted molar refractivity (Wildman–Crippen MR) is 100.0 cm³/mol. The molecule has 0 aliphatic heterocycles. The summed E-state index contributed by atoms with van der Waals surface area (Å²) in [6, 6.07) is 3.79. The minimum Gasteiger partial charge on any atom is -0.496 e. The van der Waals surface area contributed by atoms with E-state index in [0.717, 1.165) is 31.2 Å². The molecule has 0 bridgehead atoms. The molecule has 0 spiro atoms. The number of halogens is 1. The Hall–Kier alpha value is -1.66. The number of carbonyl (C=O) groups excluding carboxylic acids is 1. The van der Waals surface area contributed by atoms with Gasteiger partial charge in [0.1, 0.15) is 17.2 Å². The summed E-state index contributed by atoms with van der Waals surface area (Å²) in [5, 5.41) is 3.02. The summed E-state index contributed by atoms with van der Waals surface area (Å²) < 4.78 is 16.1. The van der Waals surface area contributed by atoms with Crippen LogP contribution < -0.4 is 25.3 Å². The van der Waals surface area contributed by atoms with Gasteiger partial charge < -0.3 is 25.3 Å². The second-order valence-electron chi connectivity index (χ2n) is 6.18. The number of hydrogen-bond acceptors (Lipinski definition) is 5. The van der Waals surface area contributed by atoms with Crippen LogP contribution in [0.4, 0.5) is 0 Å². The molecule has 2 unspecified atom stereocenters. The lowest BCUT2D eigenvalue weighted by atomic mass is 9.85. The largest absolute Gasteiger partial charge is 0.496 e. The van der Waals surface area contributed by atoms with Gasteiger partial charge in [0.2, 0.25) is 5.91 Å². The molecule has 142 valence electrons. The van der Waals surface area contributed by atoms with Crippen molar-refractivity contribution >= 4 is 18.3 Å². The maximum absolute atomic E-state index is 12.3. The highest BCUT2D eigenvalue weighted by atomic mass is 35.5. The van der Waals surface area contributed by atoms with Gasteiger partial charge >= 0.3 is 0 Å². The van der Waals surface area contributed by atoms with Crippen molar-refractivity contribution in [1.29, 1.82) is 0 Å². The van der Waals surface area contributed by atoms with Crippen molar-refractivity contribution in [3.63, 3.8) is 0 Å². The van der Waals surface area contributed by atoms with Crippen LogP contribution in [0.25, 0.3) is 0 Å². The van der Waals surface area contributed by atoms with Gasteiger partial charge in [0.05, 0.1) is 21.3 Å². The predicted octanol–water partition coefficient (Wildman–Crippen LogP) is 2.31. The Morgan fingerprint density at radius 1 is 1.16 bits per heavy atom. The van der Waals surface area contributed by atoms with Crippen LogP contribution in [0.3, 0.4) is 0 Å². The Bertz CT molecular complexity index is 543. The van der Waals surface area contributed by atoms with Crippen molar-refractivity contribution in [2.24, 2.45) is 11.7 Å².